The van der Waals surface area contributed by atoms with Crippen molar-refractivity contribution in [1.82, 2.24) is 29.8 Å². The van der Waals surface area contributed by atoms with Crippen molar-refractivity contribution in [2.75, 3.05) is 66.1 Å². The highest BCUT2D eigenvalue weighted by Crippen LogP contribution is 2.16. The van der Waals surface area contributed by atoms with Crippen molar-refractivity contribution < 1.29 is 14.3 Å². The first-order valence-electron chi connectivity index (χ1n) is 9.11. The van der Waals surface area contributed by atoms with Gasteiger partial charge >= 0.3 is 0 Å². The lowest BCUT2D eigenvalue weighted by Crippen LogP contribution is -2.54. The van der Waals surface area contributed by atoms with Gasteiger partial charge in [-0.05, 0) is 7.05 Å². The average molecular weight is 364 g/mol. The smallest absolute Gasteiger partial charge is 0.244 e. The van der Waals surface area contributed by atoms with Crippen molar-refractivity contribution in [3.63, 3.8) is 0 Å². The van der Waals surface area contributed by atoms with Crippen LogP contribution < -0.4 is 5.32 Å². The Labute approximate surface area is 153 Å². The predicted molar refractivity (Wildman–Crippen MR) is 95.4 cm³/mol. The van der Waals surface area contributed by atoms with Crippen molar-refractivity contribution in [2.45, 2.75) is 6.04 Å². The summed E-state index contributed by atoms with van der Waals surface area (Å²) in [4.78, 5) is 31.1. The van der Waals surface area contributed by atoms with Crippen LogP contribution in [0.5, 0.6) is 0 Å². The molecule has 2 aliphatic rings. The van der Waals surface area contributed by atoms with Crippen LogP contribution in [0.4, 0.5) is 0 Å². The van der Waals surface area contributed by atoms with Crippen molar-refractivity contribution >= 4 is 11.8 Å². The molecule has 2 aliphatic heterocycles. The molecule has 3 heterocycles. The number of aryl methyl sites for hydroxylation is 1. The van der Waals surface area contributed by atoms with Crippen LogP contribution in [0.2, 0.25) is 0 Å². The van der Waals surface area contributed by atoms with Gasteiger partial charge in [0.25, 0.3) is 0 Å². The molecule has 9 nitrogen and oxygen atoms in total. The molecule has 0 aromatic carbocycles. The van der Waals surface area contributed by atoms with Gasteiger partial charge in [-0.3, -0.25) is 19.2 Å². The first-order chi connectivity index (χ1) is 12.6. The number of likely N-dealkylation sites (N-methyl/N-ethyl adjacent to an activating group) is 1. The minimum atomic E-state index is -0.403. The van der Waals surface area contributed by atoms with Crippen LogP contribution in [-0.4, -0.2) is 102 Å². The molecule has 1 aromatic heterocycles. The van der Waals surface area contributed by atoms with E-state index in [0.717, 1.165) is 18.7 Å². The number of hydrogen-bond donors (Lipinski definition) is 1. The zero-order chi connectivity index (χ0) is 18.5. The molecule has 0 saturated carbocycles. The minimum Gasteiger partial charge on any atom is -0.379 e. The number of nitrogens with zero attached hydrogens (tertiary/aromatic N) is 5. The number of amides is 2. The number of piperazine rings is 1. The number of ether oxygens (including phenoxy) is 1. The lowest BCUT2D eigenvalue weighted by Gasteiger charge is -2.37. The topological polar surface area (TPSA) is 82.9 Å². The largest absolute Gasteiger partial charge is 0.379 e. The minimum absolute atomic E-state index is 0.0285. The molecule has 0 radical (unpaired) electrons. The summed E-state index contributed by atoms with van der Waals surface area (Å²) in [5, 5.41) is 7.22. The highest BCUT2D eigenvalue weighted by Gasteiger charge is 2.30. The summed E-state index contributed by atoms with van der Waals surface area (Å²) >= 11 is 0. The summed E-state index contributed by atoms with van der Waals surface area (Å²) < 4.78 is 7.01. The Morgan fingerprint density at radius 2 is 1.81 bits per heavy atom. The fraction of sp³-hybridized carbons (Fsp3) is 0.706. The molecule has 1 unspecified atom stereocenters. The fourth-order valence-electron chi connectivity index (χ4n) is 3.43. The van der Waals surface area contributed by atoms with Crippen molar-refractivity contribution in [3.8, 4) is 0 Å². The van der Waals surface area contributed by atoms with E-state index in [1.807, 2.05) is 23.0 Å². The van der Waals surface area contributed by atoms with E-state index in [2.05, 4.69) is 15.3 Å². The van der Waals surface area contributed by atoms with Gasteiger partial charge in [0.15, 0.2) is 0 Å². The van der Waals surface area contributed by atoms with Gasteiger partial charge in [0.1, 0.15) is 6.04 Å². The van der Waals surface area contributed by atoms with E-state index in [-0.39, 0.29) is 11.8 Å². The molecule has 1 atom stereocenters. The predicted octanol–water partition coefficient (Wildman–Crippen LogP) is -1.32. The number of rotatable bonds is 5. The number of morpholine rings is 1. The Kier molecular flexibility index (Phi) is 6.23. The van der Waals surface area contributed by atoms with E-state index in [1.54, 1.807) is 17.9 Å². The van der Waals surface area contributed by atoms with Crippen LogP contribution >= 0.6 is 0 Å². The molecule has 1 N–H and O–H groups in total. The zero-order valence-electron chi connectivity index (χ0n) is 15.6. The quantitative estimate of drug-likeness (QED) is 0.698. The summed E-state index contributed by atoms with van der Waals surface area (Å²) in [6, 6.07) is -0.403. The highest BCUT2D eigenvalue weighted by molar-refractivity contribution is 5.84. The van der Waals surface area contributed by atoms with Crippen LogP contribution in [0.1, 0.15) is 11.6 Å². The van der Waals surface area contributed by atoms with E-state index < -0.39 is 6.04 Å². The highest BCUT2D eigenvalue weighted by atomic mass is 16.5. The lowest BCUT2D eigenvalue weighted by atomic mass is 10.1. The second kappa shape index (κ2) is 8.61. The number of nitrogens with one attached hydrogen (secondary N) is 1. The molecule has 3 rings (SSSR count). The second-order valence-electron chi connectivity index (χ2n) is 6.76. The van der Waals surface area contributed by atoms with Gasteiger partial charge in [0.05, 0.1) is 26.0 Å². The number of aromatic nitrogens is 2. The molecule has 0 bridgehead atoms. The summed E-state index contributed by atoms with van der Waals surface area (Å²) in [5.41, 5.74) is 0.853. The molecule has 2 fully saturated rings. The van der Waals surface area contributed by atoms with Gasteiger partial charge in [-0.2, -0.15) is 5.10 Å². The van der Waals surface area contributed by atoms with E-state index in [1.165, 1.54) is 0 Å². The van der Waals surface area contributed by atoms with Gasteiger partial charge in [-0.15, -0.1) is 0 Å². The Bertz CT molecular complexity index is 620. The monoisotopic (exact) mass is 364 g/mol. The van der Waals surface area contributed by atoms with Gasteiger partial charge in [0.2, 0.25) is 11.8 Å². The van der Waals surface area contributed by atoms with Crippen LogP contribution in [-0.2, 0) is 21.4 Å². The van der Waals surface area contributed by atoms with Crippen LogP contribution in [0.15, 0.2) is 12.4 Å². The normalized spacial score (nSPS) is 20.2. The summed E-state index contributed by atoms with van der Waals surface area (Å²) in [6.45, 7) is 5.71. The van der Waals surface area contributed by atoms with E-state index in [4.69, 9.17) is 4.74 Å². The number of carbonyl (C=O) groups is 2. The molecular formula is C17H28N6O3. The molecule has 0 spiro atoms. The summed E-state index contributed by atoms with van der Waals surface area (Å²) in [7, 11) is 3.61. The van der Waals surface area contributed by atoms with Crippen molar-refractivity contribution in [1.29, 1.82) is 0 Å². The fourth-order valence-corrected chi connectivity index (χ4v) is 3.43. The van der Waals surface area contributed by atoms with E-state index in [0.29, 0.717) is 45.9 Å². The van der Waals surface area contributed by atoms with Gasteiger partial charge in [-0.25, -0.2) is 0 Å². The van der Waals surface area contributed by atoms with Gasteiger partial charge < -0.3 is 19.9 Å². The molecular weight excluding hydrogens is 336 g/mol. The molecule has 2 amide bonds. The molecule has 9 heteroatoms. The van der Waals surface area contributed by atoms with Crippen LogP contribution in [0, 0.1) is 0 Å². The van der Waals surface area contributed by atoms with Gasteiger partial charge in [-0.1, -0.05) is 0 Å². The summed E-state index contributed by atoms with van der Waals surface area (Å²) in [5.74, 6) is 0.164. The Balaban J connectivity index is 1.50. The maximum Gasteiger partial charge on any atom is 0.244 e. The average Bonchev–Trinajstić information content (AvgIpc) is 3.09. The lowest BCUT2D eigenvalue weighted by molar-refractivity contribution is -0.141. The standard InChI is InChI=1S/C17H28N6O3/c1-18-16(14-11-19-20(2)12-14)17(25)23-5-3-22(4-6-23)15(24)13-21-7-9-26-10-8-21/h11-12,16,18H,3-10,13H2,1-2H3. The van der Waals surface area contributed by atoms with Crippen molar-refractivity contribution in [3.05, 3.63) is 18.0 Å². The third-order valence-electron chi connectivity index (χ3n) is 5.00. The second-order valence-corrected chi connectivity index (χ2v) is 6.76. The van der Waals surface area contributed by atoms with Crippen molar-refractivity contribution in [2.24, 2.45) is 7.05 Å². The third kappa shape index (κ3) is 4.40. The van der Waals surface area contributed by atoms with Crippen LogP contribution in [0.3, 0.4) is 0 Å². The number of hydrogen-bond acceptors (Lipinski definition) is 6. The Morgan fingerprint density at radius 3 is 2.38 bits per heavy atom. The van der Waals surface area contributed by atoms with E-state index >= 15 is 0 Å². The first kappa shape index (κ1) is 18.8. The van der Waals surface area contributed by atoms with Crippen LogP contribution in [0.25, 0.3) is 0 Å². The molecule has 2 saturated heterocycles. The summed E-state index contributed by atoms with van der Waals surface area (Å²) in [6.07, 6.45) is 3.56. The zero-order valence-corrected chi connectivity index (χ0v) is 15.6. The molecule has 26 heavy (non-hydrogen) atoms. The number of carbonyl (C=O) groups excluding carboxylic acids is 2. The third-order valence-corrected chi connectivity index (χ3v) is 5.00. The molecule has 0 aliphatic carbocycles. The Hall–Kier alpha value is -1.97. The molecule has 1 aromatic rings. The van der Waals surface area contributed by atoms with Gasteiger partial charge in [0, 0.05) is 58.1 Å². The molecule has 144 valence electrons. The van der Waals surface area contributed by atoms with E-state index in [9.17, 15) is 9.59 Å². The Morgan fingerprint density at radius 1 is 1.15 bits per heavy atom. The SMILES string of the molecule is CNC(C(=O)N1CCN(C(=O)CN2CCOCC2)CC1)c1cnn(C)c1. The maximum atomic E-state index is 12.8. The maximum absolute atomic E-state index is 12.8. The first-order valence-corrected chi connectivity index (χ1v) is 9.11.